The second-order valence-electron chi connectivity index (χ2n) is 4.28. The first-order valence-corrected chi connectivity index (χ1v) is 6.06. The van der Waals surface area contributed by atoms with Crippen LogP contribution in [0.2, 0.25) is 5.02 Å². The molecule has 0 atom stereocenters. The van der Waals surface area contributed by atoms with Crippen LogP contribution in [0.15, 0.2) is 12.3 Å². The lowest BCUT2D eigenvalue weighted by atomic mass is 10.1. The number of carbonyl (C=O) groups is 1. The van der Waals surface area contributed by atoms with Crippen molar-refractivity contribution in [1.82, 2.24) is 4.98 Å². The summed E-state index contributed by atoms with van der Waals surface area (Å²) < 4.78 is 5.52. The molecule has 0 spiro atoms. The number of carboxylic acids is 1. The van der Waals surface area contributed by atoms with E-state index >= 15 is 0 Å². The number of carboxylic acid groups (broad SMARTS) is 1. The van der Waals surface area contributed by atoms with Gasteiger partial charge in [0.05, 0.1) is 12.2 Å². The number of hydrogen-bond acceptors (Lipinski definition) is 3. The van der Waals surface area contributed by atoms with Gasteiger partial charge in [0.15, 0.2) is 0 Å². The topological polar surface area (TPSA) is 59.4 Å². The fraction of sp³-hybridized carbons (Fsp3) is 0.500. The molecular weight excluding hydrogens is 242 g/mol. The van der Waals surface area contributed by atoms with Gasteiger partial charge in [-0.05, 0) is 24.8 Å². The number of aromatic nitrogens is 1. The van der Waals surface area contributed by atoms with Gasteiger partial charge in [0.1, 0.15) is 5.02 Å². The number of rotatable bonds is 4. The van der Waals surface area contributed by atoms with Crippen molar-refractivity contribution in [3.63, 3.8) is 0 Å². The molecule has 1 aliphatic carbocycles. The molecule has 1 fully saturated rings. The minimum Gasteiger partial charge on any atom is -0.478 e. The van der Waals surface area contributed by atoms with E-state index in [1.807, 2.05) is 0 Å². The lowest BCUT2D eigenvalue weighted by Crippen LogP contribution is -2.09. The van der Waals surface area contributed by atoms with E-state index in [9.17, 15) is 4.79 Å². The van der Waals surface area contributed by atoms with E-state index in [-0.39, 0.29) is 10.6 Å². The third-order valence-corrected chi connectivity index (χ3v) is 3.26. The van der Waals surface area contributed by atoms with Crippen LogP contribution in [0.4, 0.5) is 0 Å². The third-order valence-electron chi connectivity index (χ3n) is 2.98. The molecule has 17 heavy (non-hydrogen) atoms. The standard InChI is InChI=1S/C12H14ClNO3/c13-10-5-9(12(15)16)6-14-11(10)17-7-8-3-1-2-4-8/h5-6,8H,1-4,7H2,(H,15,16). The summed E-state index contributed by atoms with van der Waals surface area (Å²) in [7, 11) is 0. The molecule has 1 heterocycles. The maximum absolute atomic E-state index is 10.7. The van der Waals surface area contributed by atoms with E-state index in [1.165, 1.54) is 37.9 Å². The maximum Gasteiger partial charge on any atom is 0.337 e. The number of halogens is 1. The van der Waals surface area contributed by atoms with Crippen LogP contribution in [0.1, 0.15) is 36.0 Å². The Morgan fingerprint density at radius 1 is 1.53 bits per heavy atom. The molecule has 0 amide bonds. The highest BCUT2D eigenvalue weighted by Crippen LogP contribution is 2.27. The Morgan fingerprint density at radius 3 is 2.82 bits per heavy atom. The number of nitrogens with zero attached hydrogens (tertiary/aromatic N) is 1. The Labute approximate surface area is 105 Å². The van der Waals surface area contributed by atoms with Crippen LogP contribution in [-0.4, -0.2) is 22.7 Å². The Hall–Kier alpha value is -1.29. The Balaban J connectivity index is 1.98. The summed E-state index contributed by atoms with van der Waals surface area (Å²) in [6.45, 7) is 0.610. The fourth-order valence-corrected chi connectivity index (χ4v) is 2.24. The van der Waals surface area contributed by atoms with Gasteiger partial charge < -0.3 is 9.84 Å². The van der Waals surface area contributed by atoms with Gasteiger partial charge in [-0.1, -0.05) is 24.4 Å². The van der Waals surface area contributed by atoms with Crippen molar-refractivity contribution in [2.45, 2.75) is 25.7 Å². The van der Waals surface area contributed by atoms with Gasteiger partial charge in [-0.15, -0.1) is 0 Å². The Kier molecular flexibility index (Phi) is 3.84. The Morgan fingerprint density at radius 2 is 2.24 bits per heavy atom. The van der Waals surface area contributed by atoms with E-state index in [4.69, 9.17) is 21.4 Å². The normalized spacial score (nSPS) is 16.1. The summed E-state index contributed by atoms with van der Waals surface area (Å²) in [6, 6.07) is 1.36. The average Bonchev–Trinajstić information content (AvgIpc) is 2.80. The van der Waals surface area contributed by atoms with E-state index < -0.39 is 5.97 Å². The molecule has 0 saturated heterocycles. The second kappa shape index (κ2) is 5.36. The first-order chi connectivity index (χ1) is 8.16. The molecule has 0 unspecified atom stereocenters. The van der Waals surface area contributed by atoms with Crippen molar-refractivity contribution in [3.8, 4) is 5.88 Å². The van der Waals surface area contributed by atoms with Crippen LogP contribution in [-0.2, 0) is 0 Å². The lowest BCUT2D eigenvalue weighted by molar-refractivity contribution is 0.0696. The molecule has 1 aromatic rings. The predicted molar refractivity (Wildman–Crippen MR) is 63.7 cm³/mol. The molecule has 0 aromatic carbocycles. The largest absolute Gasteiger partial charge is 0.478 e. The van der Waals surface area contributed by atoms with Gasteiger partial charge in [0.25, 0.3) is 0 Å². The first kappa shape index (κ1) is 12.2. The molecule has 1 N–H and O–H groups in total. The van der Waals surface area contributed by atoms with Crippen molar-refractivity contribution in [1.29, 1.82) is 0 Å². The second-order valence-corrected chi connectivity index (χ2v) is 4.68. The number of aromatic carboxylic acids is 1. The maximum atomic E-state index is 10.7. The highest BCUT2D eigenvalue weighted by Gasteiger charge is 2.17. The van der Waals surface area contributed by atoms with Gasteiger partial charge in [-0.25, -0.2) is 9.78 Å². The van der Waals surface area contributed by atoms with E-state index in [2.05, 4.69) is 4.98 Å². The van der Waals surface area contributed by atoms with Crippen LogP contribution in [0.25, 0.3) is 0 Å². The zero-order valence-electron chi connectivity index (χ0n) is 9.36. The van der Waals surface area contributed by atoms with E-state index in [1.54, 1.807) is 0 Å². The first-order valence-electron chi connectivity index (χ1n) is 5.68. The summed E-state index contributed by atoms with van der Waals surface area (Å²) in [4.78, 5) is 14.6. The molecule has 0 aliphatic heterocycles. The molecular formula is C12H14ClNO3. The third kappa shape index (κ3) is 3.09. The molecule has 0 bridgehead atoms. The molecule has 92 valence electrons. The monoisotopic (exact) mass is 255 g/mol. The highest BCUT2D eigenvalue weighted by atomic mass is 35.5. The summed E-state index contributed by atoms with van der Waals surface area (Å²) in [6.07, 6.45) is 6.15. The van der Waals surface area contributed by atoms with Crippen LogP contribution in [0.3, 0.4) is 0 Å². The van der Waals surface area contributed by atoms with Crippen LogP contribution >= 0.6 is 11.6 Å². The van der Waals surface area contributed by atoms with Gasteiger partial charge in [0.2, 0.25) is 5.88 Å². The SMILES string of the molecule is O=C(O)c1cnc(OCC2CCCC2)c(Cl)c1. The van der Waals surface area contributed by atoms with Gasteiger partial charge in [-0.3, -0.25) is 0 Å². The summed E-state index contributed by atoms with van der Waals surface area (Å²) in [5, 5.41) is 9.02. The molecule has 1 aliphatic rings. The quantitative estimate of drug-likeness (QED) is 0.899. The summed E-state index contributed by atoms with van der Waals surface area (Å²) in [5.41, 5.74) is 0.0724. The molecule has 2 rings (SSSR count). The minimum atomic E-state index is -1.04. The van der Waals surface area contributed by atoms with Crippen molar-refractivity contribution < 1.29 is 14.6 Å². The van der Waals surface area contributed by atoms with Crippen molar-refractivity contribution >= 4 is 17.6 Å². The molecule has 5 heteroatoms. The van der Waals surface area contributed by atoms with Gasteiger partial charge in [-0.2, -0.15) is 0 Å². The number of pyridine rings is 1. The van der Waals surface area contributed by atoms with Gasteiger partial charge >= 0.3 is 5.97 Å². The zero-order valence-corrected chi connectivity index (χ0v) is 10.1. The minimum absolute atomic E-state index is 0.0724. The van der Waals surface area contributed by atoms with E-state index in [0.717, 1.165) is 0 Å². The van der Waals surface area contributed by atoms with E-state index in [0.29, 0.717) is 18.4 Å². The lowest BCUT2D eigenvalue weighted by Gasteiger charge is -2.11. The average molecular weight is 256 g/mol. The van der Waals surface area contributed by atoms with Crippen LogP contribution in [0, 0.1) is 5.92 Å². The van der Waals surface area contributed by atoms with Crippen molar-refractivity contribution in [2.75, 3.05) is 6.61 Å². The van der Waals surface area contributed by atoms with Gasteiger partial charge in [0, 0.05) is 6.20 Å². The number of ether oxygens (including phenoxy) is 1. The predicted octanol–water partition coefficient (Wildman–Crippen LogP) is 3.00. The van der Waals surface area contributed by atoms with Crippen molar-refractivity contribution in [3.05, 3.63) is 22.8 Å². The molecule has 4 nitrogen and oxygen atoms in total. The number of hydrogen-bond donors (Lipinski definition) is 1. The molecule has 0 radical (unpaired) electrons. The van der Waals surface area contributed by atoms with Crippen molar-refractivity contribution in [2.24, 2.45) is 5.92 Å². The van der Waals surface area contributed by atoms with Crippen LogP contribution < -0.4 is 4.74 Å². The highest BCUT2D eigenvalue weighted by molar-refractivity contribution is 6.32. The smallest absolute Gasteiger partial charge is 0.337 e. The summed E-state index contributed by atoms with van der Waals surface area (Å²) in [5.74, 6) is -0.141. The fourth-order valence-electron chi connectivity index (χ4n) is 2.02. The van der Waals surface area contributed by atoms with Crippen LogP contribution in [0.5, 0.6) is 5.88 Å². The zero-order chi connectivity index (χ0) is 12.3. The Bertz CT molecular complexity index is 416. The molecule has 1 aromatic heterocycles. The molecule has 1 saturated carbocycles. The summed E-state index contributed by atoms with van der Waals surface area (Å²) >= 11 is 5.91.